The van der Waals surface area contributed by atoms with Crippen LogP contribution in [0.25, 0.3) is 11.1 Å². The normalized spacial score (nSPS) is 13.0. The van der Waals surface area contributed by atoms with Crippen LogP contribution in [-0.2, 0) is 9.84 Å². The van der Waals surface area contributed by atoms with Crippen LogP contribution in [0.5, 0.6) is 0 Å². The maximum Gasteiger partial charge on any atom is 0.268 e. The lowest BCUT2D eigenvalue weighted by Crippen LogP contribution is -2.39. The van der Waals surface area contributed by atoms with Crippen LogP contribution in [0, 0.1) is 0 Å². The van der Waals surface area contributed by atoms with Crippen molar-refractivity contribution < 1.29 is 17.6 Å². The van der Waals surface area contributed by atoms with Crippen molar-refractivity contribution in [3.63, 3.8) is 0 Å². The maximum atomic E-state index is 12.4. The Bertz CT molecular complexity index is 913. The molecule has 1 atom stereocenters. The molecule has 0 saturated carbocycles. The van der Waals surface area contributed by atoms with Gasteiger partial charge in [0.25, 0.3) is 5.91 Å². The van der Waals surface area contributed by atoms with Gasteiger partial charge in [0.05, 0.1) is 22.4 Å². The standard InChI is InChI=1S/C17H18N2O4S/c1-2-12(11-24(21,22)13-6-4-3-5-7-13)18-17(20)15-10-16-14(19-15)8-9-23-16/h3-10,12,19H,2,11H2,1H3,(H,18,20)/t12-/m0/s1. The third-order valence-electron chi connectivity index (χ3n) is 3.84. The number of hydrogen-bond donors (Lipinski definition) is 2. The van der Waals surface area contributed by atoms with Crippen molar-refractivity contribution in [3.05, 3.63) is 54.4 Å². The lowest BCUT2D eigenvalue weighted by molar-refractivity contribution is 0.0935. The fraction of sp³-hybridized carbons (Fsp3) is 0.235. The molecule has 0 radical (unpaired) electrons. The summed E-state index contributed by atoms with van der Waals surface area (Å²) in [6, 6.07) is 11.1. The van der Waals surface area contributed by atoms with E-state index in [1.807, 2.05) is 6.92 Å². The van der Waals surface area contributed by atoms with E-state index in [-0.39, 0.29) is 16.6 Å². The van der Waals surface area contributed by atoms with Crippen molar-refractivity contribution in [3.8, 4) is 0 Å². The minimum absolute atomic E-state index is 0.143. The number of amides is 1. The van der Waals surface area contributed by atoms with Crippen molar-refractivity contribution in [2.24, 2.45) is 0 Å². The summed E-state index contributed by atoms with van der Waals surface area (Å²) < 4.78 is 30.1. The molecule has 2 heterocycles. The number of fused-ring (bicyclic) bond motifs is 1. The fourth-order valence-corrected chi connectivity index (χ4v) is 4.10. The number of benzene rings is 1. The van der Waals surface area contributed by atoms with E-state index in [0.717, 1.165) is 5.52 Å². The van der Waals surface area contributed by atoms with Gasteiger partial charge in [-0.05, 0) is 18.6 Å². The van der Waals surface area contributed by atoms with Crippen molar-refractivity contribution in [2.75, 3.05) is 5.75 Å². The molecule has 7 heteroatoms. The fourth-order valence-electron chi connectivity index (χ4n) is 2.48. The number of carbonyl (C=O) groups is 1. The highest BCUT2D eigenvalue weighted by Gasteiger charge is 2.22. The van der Waals surface area contributed by atoms with Gasteiger partial charge in [-0.2, -0.15) is 0 Å². The molecule has 1 aromatic carbocycles. The Hall–Kier alpha value is -2.54. The van der Waals surface area contributed by atoms with E-state index in [1.54, 1.807) is 42.5 Å². The first-order chi connectivity index (χ1) is 11.5. The quantitative estimate of drug-likeness (QED) is 0.718. The van der Waals surface area contributed by atoms with Gasteiger partial charge in [-0.3, -0.25) is 4.79 Å². The summed E-state index contributed by atoms with van der Waals surface area (Å²) in [6.07, 6.45) is 2.04. The summed E-state index contributed by atoms with van der Waals surface area (Å²) in [5, 5.41) is 2.77. The van der Waals surface area contributed by atoms with Crippen LogP contribution in [0.4, 0.5) is 0 Å². The molecule has 0 saturated heterocycles. The van der Waals surface area contributed by atoms with E-state index in [9.17, 15) is 13.2 Å². The van der Waals surface area contributed by atoms with Gasteiger partial charge < -0.3 is 14.7 Å². The number of rotatable bonds is 6. The number of H-pyrrole nitrogens is 1. The molecule has 0 aliphatic carbocycles. The second kappa shape index (κ2) is 6.52. The molecule has 1 amide bonds. The summed E-state index contributed by atoms with van der Waals surface area (Å²) in [5.74, 6) is -0.493. The summed E-state index contributed by atoms with van der Waals surface area (Å²) in [4.78, 5) is 15.5. The van der Waals surface area contributed by atoms with Crippen LogP contribution in [0.15, 0.2) is 58.0 Å². The number of hydrogen-bond acceptors (Lipinski definition) is 4. The Morgan fingerprint density at radius 1 is 1.25 bits per heavy atom. The third-order valence-corrected chi connectivity index (χ3v) is 5.67. The number of furan rings is 1. The Kier molecular flexibility index (Phi) is 4.44. The van der Waals surface area contributed by atoms with Crippen LogP contribution in [-0.4, -0.2) is 31.1 Å². The second-order valence-electron chi connectivity index (χ2n) is 5.55. The Labute approximate surface area is 139 Å². The summed E-state index contributed by atoms with van der Waals surface area (Å²) in [6.45, 7) is 1.84. The number of aromatic nitrogens is 1. The van der Waals surface area contributed by atoms with Crippen molar-refractivity contribution >= 4 is 26.8 Å². The molecule has 0 aliphatic rings. The Morgan fingerprint density at radius 2 is 2.00 bits per heavy atom. The molecule has 0 spiro atoms. The predicted octanol–water partition coefficient (Wildman–Crippen LogP) is 2.74. The van der Waals surface area contributed by atoms with Crippen molar-refractivity contribution in [2.45, 2.75) is 24.3 Å². The molecule has 2 aromatic heterocycles. The van der Waals surface area contributed by atoms with Gasteiger partial charge in [0.1, 0.15) is 5.69 Å². The molecule has 0 fully saturated rings. The molecule has 6 nitrogen and oxygen atoms in total. The highest BCUT2D eigenvalue weighted by molar-refractivity contribution is 7.91. The first-order valence-corrected chi connectivity index (χ1v) is 9.29. The lowest BCUT2D eigenvalue weighted by atomic mass is 10.2. The van der Waals surface area contributed by atoms with Crippen molar-refractivity contribution in [1.29, 1.82) is 0 Å². The number of sulfone groups is 1. The average molecular weight is 346 g/mol. The van der Waals surface area contributed by atoms with Crippen molar-refractivity contribution in [1.82, 2.24) is 10.3 Å². The van der Waals surface area contributed by atoms with Gasteiger partial charge in [-0.1, -0.05) is 25.1 Å². The Balaban J connectivity index is 1.72. The molecule has 126 valence electrons. The molecular weight excluding hydrogens is 328 g/mol. The summed E-state index contributed by atoms with van der Waals surface area (Å²) in [5.41, 5.74) is 1.66. The van der Waals surface area contributed by atoms with E-state index in [4.69, 9.17) is 4.42 Å². The topological polar surface area (TPSA) is 92.2 Å². The SMILES string of the molecule is CC[C@@H](CS(=O)(=O)c1ccccc1)NC(=O)c1cc2occc2[nH]1. The predicted molar refractivity (Wildman–Crippen MR) is 90.6 cm³/mol. The first-order valence-electron chi connectivity index (χ1n) is 7.64. The number of carbonyl (C=O) groups excluding carboxylic acids is 1. The summed E-state index contributed by atoms with van der Waals surface area (Å²) in [7, 11) is -3.46. The molecule has 3 aromatic rings. The van der Waals surface area contributed by atoms with Gasteiger partial charge in [0.2, 0.25) is 0 Å². The highest BCUT2D eigenvalue weighted by atomic mass is 32.2. The summed E-state index contributed by atoms with van der Waals surface area (Å²) >= 11 is 0. The monoisotopic (exact) mass is 346 g/mol. The smallest absolute Gasteiger partial charge is 0.268 e. The molecule has 3 rings (SSSR count). The second-order valence-corrected chi connectivity index (χ2v) is 7.59. The molecule has 0 bridgehead atoms. The van der Waals surface area contributed by atoms with Crippen LogP contribution in [0.2, 0.25) is 0 Å². The van der Waals surface area contributed by atoms with E-state index < -0.39 is 15.9 Å². The Morgan fingerprint density at radius 3 is 2.67 bits per heavy atom. The van der Waals surface area contributed by atoms with E-state index in [0.29, 0.717) is 17.7 Å². The third kappa shape index (κ3) is 3.35. The van der Waals surface area contributed by atoms with Crippen LogP contribution < -0.4 is 5.32 Å². The van der Waals surface area contributed by atoms with Crippen LogP contribution in [0.3, 0.4) is 0 Å². The van der Waals surface area contributed by atoms with E-state index in [1.165, 1.54) is 6.26 Å². The van der Waals surface area contributed by atoms with Gasteiger partial charge in [-0.25, -0.2) is 8.42 Å². The maximum absolute atomic E-state index is 12.4. The minimum atomic E-state index is -3.46. The van der Waals surface area contributed by atoms with Gasteiger partial charge in [0.15, 0.2) is 15.4 Å². The lowest BCUT2D eigenvalue weighted by Gasteiger charge is -2.16. The zero-order valence-corrected chi connectivity index (χ0v) is 14.0. The van der Waals surface area contributed by atoms with Gasteiger partial charge in [-0.15, -0.1) is 0 Å². The number of aromatic amines is 1. The average Bonchev–Trinajstić information content (AvgIpc) is 3.16. The zero-order chi connectivity index (χ0) is 17.2. The van der Waals surface area contributed by atoms with Gasteiger partial charge >= 0.3 is 0 Å². The molecule has 2 N–H and O–H groups in total. The van der Waals surface area contributed by atoms with E-state index >= 15 is 0 Å². The van der Waals surface area contributed by atoms with Crippen LogP contribution in [0.1, 0.15) is 23.8 Å². The molecule has 0 aliphatic heterocycles. The molecule has 24 heavy (non-hydrogen) atoms. The first kappa shape index (κ1) is 16.3. The van der Waals surface area contributed by atoms with Gasteiger partial charge in [0, 0.05) is 18.2 Å². The minimum Gasteiger partial charge on any atom is -0.463 e. The molecule has 0 unspecified atom stereocenters. The highest BCUT2D eigenvalue weighted by Crippen LogP contribution is 2.17. The largest absolute Gasteiger partial charge is 0.463 e. The number of nitrogens with one attached hydrogen (secondary N) is 2. The molecular formula is C17H18N2O4S. The van der Waals surface area contributed by atoms with E-state index in [2.05, 4.69) is 10.3 Å². The zero-order valence-electron chi connectivity index (χ0n) is 13.2. The van der Waals surface area contributed by atoms with Crippen LogP contribution >= 0.6 is 0 Å².